The molecule has 2 rings (SSSR count). The number of rotatable bonds is 6. The molecule has 0 bridgehead atoms. The highest BCUT2D eigenvalue weighted by Crippen LogP contribution is 2.25. The van der Waals surface area contributed by atoms with Gasteiger partial charge in [-0.25, -0.2) is 4.98 Å². The van der Waals surface area contributed by atoms with Crippen LogP contribution in [0.2, 0.25) is 0 Å². The van der Waals surface area contributed by atoms with E-state index in [9.17, 15) is 4.79 Å². The number of aromatic nitrogens is 2. The van der Waals surface area contributed by atoms with Crippen molar-refractivity contribution in [3.8, 4) is 11.4 Å². The van der Waals surface area contributed by atoms with Crippen LogP contribution in [-0.4, -0.2) is 40.3 Å². The minimum Gasteiger partial charge on any atom is -0.495 e. The van der Waals surface area contributed by atoms with E-state index in [-0.39, 0.29) is 12.5 Å². The molecule has 2 N–H and O–H groups in total. The van der Waals surface area contributed by atoms with Crippen molar-refractivity contribution in [3.05, 3.63) is 48.1 Å². The zero-order valence-electron chi connectivity index (χ0n) is 13.5. The molecule has 0 fully saturated rings. The molecular weight excluding hydrogens is 294 g/mol. The molecule has 0 aliphatic carbocycles. The number of nitrogens with one attached hydrogen (secondary N) is 1. The highest BCUT2D eigenvalue weighted by molar-refractivity contribution is 5.91. The number of aliphatic hydroxyl groups is 1. The highest BCUT2D eigenvalue weighted by Gasteiger charge is 2.06. The Labute approximate surface area is 135 Å². The molecular formula is C17H21N3O3. The monoisotopic (exact) mass is 315 g/mol. The van der Waals surface area contributed by atoms with Gasteiger partial charge in [-0.05, 0) is 37.6 Å². The summed E-state index contributed by atoms with van der Waals surface area (Å²) >= 11 is 0. The lowest BCUT2D eigenvalue weighted by molar-refractivity contribution is -0.116. The van der Waals surface area contributed by atoms with Crippen molar-refractivity contribution in [2.24, 2.45) is 0 Å². The fraction of sp³-hybridized carbons (Fsp3) is 0.294. The number of carbonyl (C=O) groups excluding carboxylic acids is 1. The molecule has 1 unspecified atom stereocenters. The van der Waals surface area contributed by atoms with Crippen LogP contribution < -0.4 is 10.1 Å². The molecule has 0 spiro atoms. The van der Waals surface area contributed by atoms with E-state index in [1.807, 2.05) is 35.9 Å². The SMILES string of the molecule is COc1cc(C=CC(=O)NCC(C)O)ccc1-n1cnc(C)c1. The van der Waals surface area contributed by atoms with Gasteiger partial charge in [0.2, 0.25) is 5.91 Å². The lowest BCUT2D eigenvalue weighted by Gasteiger charge is -2.10. The summed E-state index contributed by atoms with van der Waals surface area (Å²) in [5.41, 5.74) is 2.64. The highest BCUT2D eigenvalue weighted by atomic mass is 16.5. The topological polar surface area (TPSA) is 76.4 Å². The summed E-state index contributed by atoms with van der Waals surface area (Å²) in [7, 11) is 1.60. The van der Waals surface area contributed by atoms with E-state index in [2.05, 4.69) is 10.3 Å². The number of methoxy groups -OCH3 is 1. The average molecular weight is 315 g/mol. The zero-order chi connectivity index (χ0) is 16.8. The number of aryl methyl sites for hydroxylation is 1. The first kappa shape index (κ1) is 16.8. The Bertz CT molecular complexity index is 705. The fourth-order valence-corrected chi connectivity index (χ4v) is 2.04. The fourth-order valence-electron chi connectivity index (χ4n) is 2.04. The van der Waals surface area contributed by atoms with Gasteiger partial charge in [-0.1, -0.05) is 6.07 Å². The number of hydrogen-bond acceptors (Lipinski definition) is 4. The maximum absolute atomic E-state index is 11.6. The van der Waals surface area contributed by atoms with Crippen LogP contribution in [0.25, 0.3) is 11.8 Å². The number of carbonyl (C=O) groups is 1. The van der Waals surface area contributed by atoms with Gasteiger partial charge < -0.3 is 19.7 Å². The van der Waals surface area contributed by atoms with Crippen LogP contribution in [0.15, 0.2) is 36.8 Å². The minimum atomic E-state index is -0.564. The van der Waals surface area contributed by atoms with Crippen molar-refractivity contribution in [2.45, 2.75) is 20.0 Å². The molecule has 6 nitrogen and oxygen atoms in total. The standard InChI is InChI=1S/C17H21N3O3/c1-12-10-20(11-19-12)15-6-4-14(8-16(15)23-3)5-7-17(22)18-9-13(2)21/h4-8,10-11,13,21H,9H2,1-3H3,(H,18,22). The van der Waals surface area contributed by atoms with Crippen LogP contribution >= 0.6 is 0 Å². The summed E-state index contributed by atoms with van der Waals surface area (Å²) in [4.78, 5) is 15.8. The first-order valence-corrected chi connectivity index (χ1v) is 7.32. The van der Waals surface area contributed by atoms with Crippen LogP contribution in [-0.2, 0) is 4.79 Å². The summed E-state index contributed by atoms with van der Waals surface area (Å²) in [5, 5.41) is 11.7. The quantitative estimate of drug-likeness (QED) is 0.796. The second-order valence-corrected chi connectivity index (χ2v) is 5.28. The van der Waals surface area contributed by atoms with E-state index < -0.39 is 6.10 Å². The molecule has 6 heteroatoms. The van der Waals surface area contributed by atoms with E-state index in [1.165, 1.54) is 6.08 Å². The van der Waals surface area contributed by atoms with E-state index in [0.29, 0.717) is 5.75 Å². The Hall–Kier alpha value is -2.60. The molecule has 1 amide bonds. The Morgan fingerprint density at radius 2 is 2.30 bits per heavy atom. The maximum Gasteiger partial charge on any atom is 0.244 e. The van der Waals surface area contributed by atoms with Crippen LogP contribution in [0, 0.1) is 6.92 Å². The molecule has 0 aliphatic heterocycles. The van der Waals surface area contributed by atoms with Gasteiger partial charge in [0.15, 0.2) is 0 Å². The Kier molecular flexibility index (Phi) is 5.54. The van der Waals surface area contributed by atoms with Crippen molar-refractivity contribution in [3.63, 3.8) is 0 Å². The van der Waals surface area contributed by atoms with Gasteiger partial charge >= 0.3 is 0 Å². The van der Waals surface area contributed by atoms with Crippen LogP contribution in [0.3, 0.4) is 0 Å². The van der Waals surface area contributed by atoms with Gasteiger partial charge in [-0.3, -0.25) is 4.79 Å². The van der Waals surface area contributed by atoms with Crippen LogP contribution in [0.5, 0.6) is 5.75 Å². The molecule has 1 atom stereocenters. The number of ether oxygens (including phenoxy) is 1. The van der Waals surface area contributed by atoms with Crippen molar-refractivity contribution in [2.75, 3.05) is 13.7 Å². The Morgan fingerprint density at radius 3 is 2.91 bits per heavy atom. The number of nitrogens with zero attached hydrogens (tertiary/aromatic N) is 2. The molecule has 0 saturated carbocycles. The Balaban J connectivity index is 2.14. The summed E-state index contributed by atoms with van der Waals surface area (Å²) in [6.07, 6.45) is 6.20. The third kappa shape index (κ3) is 4.69. The smallest absolute Gasteiger partial charge is 0.244 e. The second-order valence-electron chi connectivity index (χ2n) is 5.28. The zero-order valence-corrected chi connectivity index (χ0v) is 13.5. The molecule has 0 saturated heterocycles. The van der Waals surface area contributed by atoms with Crippen molar-refractivity contribution in [1.82, 2.24) is 14.9 Å². The second kappa shape index (κ2) is 7.60. The third-order valence-electron chi connectivity index (χ3n) is 3.19. The van der Waals surface area contributed by atoms with Crippen LogP contribution in [0.1, 0.15) is 18.2 Å². The number of aliphatic hydroxyl groups excluding tert-OH is 1. The van der Waals surface area contributed by atoms with Crippen LogP contribution in [0.4, 0.5) is 0 Å². The van der Waals surface area contributed by atoms with E-state index in [1.54, 1.807) is 26.4 Å². The van der Waals surface area contributed by atoms with Crippen molar-refractivity contribution >= 4 is 12.0 Å². The van der Waals surface area contributed by atoms with Gasteiger partial charge in [-0.2, -0.15) is 0 Å². The van der Waals surface area contributed by atoms with E-state index in [4.69, 9.17) is 9.84 Å². The molecule has 23 heavy (non-hydrogen) atoms. The summed E-state index contributed by atoms with van der Waals surface area (Å²) < 4.78 is 7.31. The number of hydrogen-bond donors (Lipinski definition) is 2. The summed E-state index contributed by atoms with van der Waals surface area (Å²) in [6.45, 7) is 3.77. The minimum absolute atomic E-state index is 0.228. The summed E-state index contributed by atoms with van der Waals surface area (Å²) in [5.74, 6) is 0.438. The molecule has 1 aromatic carbocycles. The Morgan fingerprint density at radius 1 is 1.52 bits per heavy atom. The van der Waals surface area contributed by atoms with Gasteiger partial charge in [-0.15, -0.1) is 0 Å². The lowest BCUT2D eigenvalue weighted by atomic mass is 10.1. The molecule has 1 aromatic heterocycles. The predicted octanol–water partition coefficient (Wildman–Crippen LogP) is 1.70. The van der Waals surface area contributed by atoms with E-state index >= 15 is 0 Å². The van der Waals surface area contributed by atoms with Gasteiger partial charge in [0, 0.05) is 18.8 Å². The normalized spacial score (nSPS) is 12.3. The van der Waals surface area contributed by atoms with E-state index in [0.717, 1.165) is 16.9 Å². The number of imidazole rings is 1. The first-order chi connectivity index (χ1) is 11.0. The summed E-state index contributed by atoms with van der Waals surface area (Å²) in [6, 6.07) is 5.65. The van der Waals surface area contributed by atoms with Crippen molar-refractivity contribution in [1.29, 1.82) is 0 Å². The van der Waals surface area contributed by atoms with Gasteiger partial charge in [0.1, 0.15) is 5.75 Å². The number of benzene rings is 1. The molecule has 122 valence electrons. The molecule has 0 radical (unpaired) electrons. The predicted molar refractivity (Wildman–Crippen MR) is 88.6 cm³/mol. The molecule has 1 heterocycles. The molecule has 2 aromatic rings. The van der Waals surface area contributed by atoms with Gasteiger partial charge in [0.25, 0.3) is 0 Å². The lowest BCUT2D eigenvalue weighted by Crippen LogP contribution is -2.28. The molecule has 0 aliphatic rings. The first-order valence-electron chi connectivity index (χ1n) is 7.32. The van der Waals surface area contributed by atoms with Gasteiger partial charge in [0.05, 0.1) is 30.9 Å². The maximum atomic E-state index is 11.6. The number of amides is 1. The third-order valence-corrected chi connectivity index (χ3v) is 3.19. The average Bonchev–Trinajstić information content (AvgIpc) is 2.96. The largest absolute Gasteiger partial charge is 0.495 e. The van der Waals surface area contributed by atoms with Crippen molar-refractivity contribution < 1.29 is 14.6 Å².